The number of hydrazine groups is 1. The molecular weight excluding hydrogens is 176 g/mol. The van der Waals surface area contributed by atoms with Crippen LogP contribution in [0, 0.1) is 0 Å². The molecule has 14 heavy (non-hydrogen) atoms. The van der Waals surface area contributed by atoms with Crippen molar-refractivity contribution in [2.24, 2.45) is 0 Å². The third kappa shape index (κ3) is 1.81. The lowest BCUT2D eigenvalue weighted by molar-refractivity contribution is -0.122. The van der Waals surface area contributed by atoms with Gasteiger partial charge in [-0.05, 0) is 31.3 Å². The van der Waals surface area contributed by atoms with Gasteiger partial charge >= 0.3 is 0 Å². The highest BCUT2D eigenvalue weighted by Gasteiger charge is 2.19. The first-order chi connectivity index (χ1) is 6.77. The molecule has 2 aliphatic rings. The smallest absolute Gasteiger partial charge is 0.235 e. The lowest BCUT2D eigenvalue weighted by atomic mass is 9.94. The van der Waals surface area contributed by atoms with Gasteiger partial charge in [-0.2, -0.15) is 0 Å². The van der Waals surface area contributed by atoms with E-state index >= 15 is 0 Å². The molecule has 2 rings (SSSR count). The van der Waals surface area contributed by atoms with Crippen LogP contribution in [0.1, 0.15) is 32.6 Å². The van der Waals surface area contributed by atoms with Crippen molar-refractivity contribution in [3.63, 3.8) is 0 Å². The average Bonchev–Trinajstić information content (AvgIpc) is 2.18. The van der Waals surface area contributed by atoms with E-state index < -0.39 is 0 Å². The summed E-state index contributed by atoms with van der Waals surface area (Å²) in [7, 11) is 0. The van der Waals surface area contributed by atoms with Crippen molar-refractivity contribution in [1.82, 2.24) is 10.4 Å². The molecule has 0 saturated heterocycles. The Morgan fingerprint density at radius 2 is 2.21 bits per heavy atom. The van der Waals surface area contributed by atoms with E-state index in [4.69, 9.17) is 0 Å². The zero-order valence-electron chi connectivity index (χ0n) is 8.55. The monoisotopic (exact) mass is 192 g/mol. The second kappa shape index (κ2) is 3.86. The highest BCUT2D eigenvalue weighted by Crippen LogP contribution is 2.29. The molecule has 1 aliphatic carbocycles. The summed E-state index contributed by atoms with van der Waals surface area (Å²) >= 11 is 0. The first kappa shape index (κ1) is 9.31. The van der Waals surface area contributed by atoms with Crippen LogP contribution in [0.25, 0.3) is 0 Å². The largest absolute Gasteiger partial charge is 0.286 e. The molecule has 0 unspecified atom stereocenters. The van der Waals surface area contributed by atoms with Gasteiger partial charge in [0.25, 0.3) is 0 Å². The summed E-state index contributed by atoms with van der Waals surface area (Å²) in [5, 5.41) is 1.98. The van der Waals surface area contributed by atoms with Gasteiger partial charge in [0.15, 0.2) is 0 Å². The Bertz CT molecular complexity index is 304. The summed E-state index contributed by atoms with van der Waals surface area (Å²) in [5.41, 5.74) is 5.58. The van der Waals surface area contributed by atoms with Gasteiger partial charge in [-0.15, -0.1) is 0 Å². The molecule has 3 nitrogen and oxygen atoms in total. The van der Waals surface area contributed by atoms with Crippen LogP contribution >= 0.6 is 0 Å². The molecule has 1 N–H and O–H groups in total. The molecule has 1 amide bonds. The summed E-state index contributed by atoms with van der Waals surface area (Å²) in [6, 6.07) is 0. The van der Waals surface area contributed by atoms with Crippen molar-refractivity contribution < 1.29 is 4.79 Å². The molecule has 0 aromatic carbocycles. The van der Waals surface area contributed by atoms with Crippen LogP contribution in [0.3, 0.4) is 0 Å². The zero-order valence-corrected chi connectivity index (χ0v) is 8.55. The Morgan fingerprint density at radius 1 is 1.43 bits per heavy atom. The highest BCUT2D eigenvalue weighted by molar-refractivity contribution is 5.72. The molecule has 0 fully saturated rings. The quantitative estimate of drug-likeness (QED) is 0.686. The molecule has 3 heteroatoms. The third-order valence-corrected chi connectivity index (χ3v) is 2.71. The highest BCUT2D eigenvalue weighted by atomic mass is 16.2. The van der Waals surface area contributed by atoms with Gasteiger partial charge in [-0.1, -0.05) is 12.2 Å². The molecular formula is C11H16N2O. The Hall–Kier alpha value is -1.25. The average molecular weight is 192 g/mol. The maximum atomic E-state index is 11.0. The second-order valence-electron chi connectivity index (χ2n) is 3.86. The van der Waals surface area contributed by atoms with Crippen molar-refractivity contribution in [1.29, 1.82) is 0 Å². The van der Waals surface area contributed by atoms with Gasteiger partial charge in [0.05, 0.1) is 6.54 Å². The fraction of sp³-hybridized carbons (Fsp3) is 0.545. The summed E-state index contributed by atoms with van der Waals surface area (Å²) in [6.07, 6.45) is 9.08. The number of nitrogens with zero attached hydrogens (tertiary/aromatic N) is 1. The number of hydrogen-bond donors (Lipinski definition) is 1. The second-order valence-corrected chi connectivity index (χ2v) is 3.86. The van der Waals surface area contributed by atoms with E-state index in [1.807, 2.05) is 5.01 Å². The lowest BCUT2D eigenvalue weighted by Crippen LogP contribution is -2.42. The fourth-order valence-electron chi connectivity index (χ4n) is 2.11. The SMILES string of the molecule is CC(=O)NN1CC=CC2=C1CCCC2. The topological polar surface area (TPSA) is 32.3 Å². The molecule has 0 radical (unpaired) electrons. The molecule has 1 aliphatic heterocycles. The minimum absolute atomic E-state index is 0.0118. The van der Waals surface area contributed by atoms with E-state index in [0.29, 0.717) is 0 Å². The zero-order chi connectivity index (χ0) is 9.97. The van der Waals surface area contributed by atoms with E-state index in [9.17, 15) is 4.79 Å². The van der Waals surface area contributed by atoms with Crippen molar-refractivity contribution in [3.8, 4) is 0 Å². The van der Waals surface area contributed by atoms with Crippen LogP contribution in [-0.4, -0.2) is 17.5 Å². The predicted molar refractivity (Wildman–Crippen MR) is 55.2 cm³/mol. The maximum absolute atomic E-state index is 11.0. The number of amides is 1. The van der Waals surface area contributed by atoms with Crippen molar-refractivity contribution in [2.45, 2.75) is 32.6 Å². The maximum Gasteiger partial charge on any atom is 0.235 e. The van der Waals surface area contributed by atoms with E-state index in [-0.39, 0.29) is 5.91 Å². The Morgan fingerprint density at radius 3 is 3.00 bits per heavy atom. The van der Waals surface area contributed by atoms with E-state index in [1.165, 1.54) is 24.1 Å². The van der Waals surface area contributed by atoms with E-state index in [2.05, 4.69) is 17.6 Å². The first-order valence-corrected chi connectivity index (χ1v) is 5.20. The van der Waals surface area contributed by atoms with Crippen LogP contribution in [0.2, 0.25) is 0 Å². The Kier molecular flexibility index (Phi) is 2.57. The number of hydrogen-bond acceptors (Lipinski definition) is 2. The van der Waals surface area contributed by atoms with Crippen LogP contribution < -0.4 is 5.43 Å². The predicted octanol–water partition coefficient (Wildman–Crippen LogP) is 1.74. The lowest BCUT2D eigenvalue weighted by Gasteiger charge is -2.33. The first-order valence-electron chi connectivity index (χ1n) is 5.20. The Labute approximate surface area is 84.4 Å². The Balaban J connectivity index is 2.16. The van der Waals surface area contributed by atoms with Gasteiger partial charge in [-0.25, -0.2) is 0 Å². The minimum Gasteiger partial charge on any atom is -0.286 e. The number of carbonyl (C=O) groups is 1. The number of carbonyl (C=O) groups excluding carboxylic acids is 1. The summed E-state index contributed by atoms with van der Waals surface area (Å²) in [5.74, 6) is 0.0118. The number of allylic oxidation sites excluding steroid dienone is 3. The fourth-order valence-corrected chi connectivity index (χ4v) is 2.11. The molecule has 0 aromatic rings. The van der Waals surface area contributed by atoms with E-state index in [1.54, 1.807) is 6.92 Å². The normalized spacial score (nSPS) is 20.8. The molecule has 0 aromatic heterocycles. The number of rotatable bonds is 1. The summed E-state index contributed by atoms with van der Waals surface area (Å²) < 4.78 is 0. The van der Waals surface area contributed by atoms with Crippen molar-refractivity contribution in [2.75, 3.05) is 6.54 Å². The summed E-state index contributed by atoms with van der Waals surface area (Å²) in [6.45, 7) is 2.36. The van der Waals surface area contributed by atoms with Gasteiger partial charge in [0.1, 0.15) is 0 Å². The van der Waals surface area contributed by atoms with Gasteiger partial charge in [0.2, 0.25) is 5.91 Å². The third-order valence-electron chi connectivity index (χ3n) is 2.71. The molecule has 1 heterocycles. The molecule has 0 spiro atoms. The standard InChI is InChI=1S/C11H16N2O/c1-9(14)12-13-8-4-6-10-5-2-3-7-11(10)13/h4,6H,2-3,5,7-8H2,1H3,(H,12,14). The van der Waals surface area contributed by atoms with Crippen molar-refractivity contribution >= 4 is 5.91 Å². The molecule has 76 valence electrons. The molecule has 0 bridgehead atoms. The van der Waals surface area contributed by atoms with Crippen LogP contribution in [0.15, 0.2) is 23.4 Å². The van der Waals surface area contributed by atoms with E-state index in [0.717, 1.165) is 19.4 Å². The van der Waals surface area contributed by atoms with Crippen molar-refractivity contribution in [3.05, 3.63) is 23.4 Å². The molecule has 0 atom stereocenters. The van der Waals surface area contributed by atoms with Crippen LogP contribution in [0.5, 0.6) is 0 Å². The van der Waals surface area contributed by atoms with Crippen LogP contribution in [0.4, 0.5) is 0 Å². The number of nitrogens with one attached hydrogen (secondary N) is 1. The van der Waals surface area contributed by atoms with Gasteiger partial charge in [0, 0.05) is 12.6 Å². The minimum atomic E-state index is 0.0118. The van der Waals surface area contributed by atoms with Gasteiger partial charge < -0.3 is 0 Å². The molecule has 0 saturated carbocycles. The van der Waals surface area contributed by atoms with Gasteiger partial charge in [-0.3, -0.25) is 15.2 Å². The van der Waals surface area contributed by atoms with Crippen LogP contribution in [-0.2, 0) is 4.79 Å². The summed E-state index contributed by atoms with van der Waals surface area (Å²) in [4.78, 5) is 11.0.